The molecule has 1 amide bonds. The second-order valence-electron chi connectivity index (χ2n) is 7.61. The van der Waals surface area contributed by atoms with Crippen molar-refractivity contribution in [2.75, 3.05) is 19.5 Å². The third-order valence-electron chi connectivity index (χ3n) is 4.81. The second kappa shape index (κ2) is 12.9. The SMILES string of the molecule is CCOC(=O)C(CSC(=O)c1ccc(C(F)(F)F)cc1OC(=O)c1ccc(C(F)(F)F)cc1OC)NC(C)=O. The fourth-order valence-corrected chi connectivity index (χ4v) is 3.90. The summed E-state index contributed by atoms with van der Waals surface area (Å²) in [7, 11) is 0.969. The molecule has 2 aromatic carbocycles. The van der Waals surface area contributed by atoms with Crippen molar-refractivity contribution in [3.8, 4) is 11.5 Å². The van der Waals surface area contributed by atoms with Gasteiger partial charge in [-0.25, -0.2) is 9.59 Å². The number of alkyl halides is 6. The summed E-state index contributed by atoms with van der Waals surface area (Å²) in [5.41, 5.74) is -3.51. The average Bonchev–Trinajstić information content (AvgIpc) is 2.84. The first-order chi connectivity index (χ1) is 18.1. The summed E-state index contributed by atoms with van der Waals surface area (Å²) in [6.07, 6.45) is -9.67. The van der Waals surface area contributed by atoms with Crippen LogP contribution in [0.1, 0.15) is 45.7 Å². The molecule has 0 bridgehead atoms. The van der Waals surface area contributed by atoms with Crippen molar-refractivity contribution in [2.24, 2.45) is 0 Å². The van der Waals surface area contributed by atoms with Gasteiger partial charge in [-0.3, -0.25) is 9.59 Å². The zero-order valence-corrected chi connectivity index (χ0v) is 21.3. The first kappa shape index (κ1) is 31.5. The highest BCUT2D eigenvalue weighted by Gasteiger charge is 2.34. The fraction of sp³-hybridized carbons (Fsp3) is 0.333. The maximum Gasteiger partial charge on any atom is 0.416 e. The minimum absolute atomic E-state index is 0.0278. The molecule has 0 aromatic heterocycles. The monoisotopic (exact) mass is 581 g/mol. The van der Waals surface area contributed by atoms with E-state index < -0.39 is 75.1 Å². The van der Waals surface area contributed by atoms with Crippen molar-refractivity contribution < 1.29 is 59.7 Å². The standard InChI is InChI=1S/C24H21F6NO7S/c1-4-37-21(34)17(31-12(2)32)11-39-22(35)16-8-6-14(24(28,29)30)10-19(16)38-20(33)15-7-5-13(23(25,26)27)9-18(15)36-3/h5-10,17H,4,11H2,1-3H3,(H,31,32). The molecule has 1 unspecified atom stereocenters. The van der Waals surface area contributed by atoms with Crippen molar-refractivity contribution in [2.45, 2.75) is 32.2 Å². The number of methoxy groups -OCH3 is 1. The lowest BCUT2D eigenvalue weighted by atomic mass is 10.1. The Morgan fingerprint density at radius 3 is 1.92 bits per heavy atom. The van der Waals surface area contributed by atoms with Crippen LogP contribution in [0.15, 0.2) is 36.4 Å². The van der Waals surface area contributed by atoms with Crippen LogP contribution in [0.25, 0.3) is 0 Å². The van der Waals surface area contributed by atoms with Crippen LogP contribution < -0.4 is 14.8 Å². The molecule has 8 nitrogen and oxygen atoms in total. The number of carbonyl (C=O) groups is 4. The number of carbonyl (C=O) groups excluding carboxylic acids is 4. The lowest BCUT2D eigenvalue weighted by Gasteiger charge is -2.17. The first-order valence-electron chi connectivity index (χ1n) is 10.9. The quantitative estimate of drug-likeness (QED) is 0.253. The normalized spacial score (nSPS) is 12.3. The number of hydrogen-bond acceptors (Lipinski definition) is 8. The van der Waals surface area contributed by atoms with Gasteiger partial charge in [0, 0.05) is 12.7 Å². The maximum atomic E-state index is 13.3. The molecule has 0 heterocycles. The number of rotatable bonds is 9. The lowest BCUT2D eigenvalue weighted by Crippen LogP contribution is -2.42. The van der Waals surface area contributed by atoms with Crippen molar-refractivity contribution in [3.05, 3.63) is 58.7 Å². The highest BCUT2D eigenvalue weighted by molar-refractivity contribution is 8.14. The lowest BCUT2D eigenvalue weighted by molar-refractivity contribution is -0.146. The van der Waals surface area contributed by atoms with Gasteiger partial charge in [0.25, 0.3) is 0 Å². The van der Waals surface area contributed by atoms with Gasteiger partial charge < -0.3 is 19.5 Å². The Labute approximate surface area is 222 Å². The van der Waals surface area contributed by atoms with E-state index in [2.05, 4.69) is 5.32 Å². The number of nitrogens with one attached hydrogen (secondary N) is 1. The molecule has 1 atom stereocenters. The molecule has 0 fully saturated rings. The van der Waals surface area contributed by atoms with Crippen LogP contribution in [0, 0.1) is 0 Å². The molecule has 15 heteroatoms. The van der Waals surface area contributed by atoms with Gasteiger partial charge >= 0.3 is 24.3 Å². The summed E-state index contributed by atoms with van der Waals surface area (Å²) < 4.78 is 93.6. The summed E-state index contributed by atoms with van der Waals surface area (Å²) in [6, 6.07) is 2.16. The highest BCUT2D eigenvalue weighted by atomic mass is 32.2. The molecule has 0 saturated heterocycles. The van der Waals surface area contributed by atoms with E-state index in [0.29, 0.717) is 42.1 Å². The van der Waals surface area contributed by atoms with Crippen LogP contribution >= 0.6 is 11.8 Å². The van der Waals surface area contributed by atoms with E-state index in [1.54, 1.807) is 0 Å². The molecule has 0 saturated carbocycles. The minimum Gasteiger partial charge on any atom is -0.496 e. The van der Waals surface area contributed by atoms with Gasteiger partial charge in [-0.15, -0.1) is 0 Å². The number of benzene rings is 2. The van der Waals surface area contributed by atoms with Crippen molar-refractivity contribution in [1.29, 1.82) is 0 Å². The Morgan fingerprint density at radius 2 is 1.44 bits per heavy atom. The van der Waals surface area contributed by atoms with Gasteiger partial charge in [0.2, 0.25) is 11.0 Å². The van der Waals surface area contributed by atoms with Crippen LogP contribution in [0.5, 0.6) is 11.5 Å². The molecule has 2 rings (SSSR count). The third-order valence-corrected chi connectivity index (χ3v) is 5.79. The van der Waals surface area contributed by atoms with Gasteiger partial charge in [-0.2, -0.15) is 26.3 Å². The minimum atomic E-state index is -4.90. The Bertz CT molecular complexity index is 1250. The predicted molar refractivity (Wildman–Crippen MR) is 125 cm³/mol. The topological polar surface area (TPSA) is 108 Å². The van der Waals surface area contributed by atoms with Crippen LogP contribution in [0.4, 0.5) is 26.3 Å². The highest BCUT2D eigenvalue weighted by Crippen LogP contribution is 2.36. The Balaban J connectivity index is 2.41. The predicted octanol–water partition coefficient (Wildman–Crippen LogP) is 4.89. The van der Waals surface area contributed by atoms with E-state index in [-0.39, 0.29) is 12.4 Å². The summed E-state index contributed by atoms with van der Waals surface area (Å²) >= 11 is 0.420. The number of halogens is 6. The number of amides is 1. The van der Waals surface area contributed by atoms with Crippen molar-refractivity contribution in [1.82, 2.24) is 5.32 Å². The Kier molecular flexibility index (Phi) is 10.4. The fourth-order valence-electron chi connectivity index (χ4n) is 3.04. The van der Waals surface area contributed by atoms with Crippen molar-refractivity contribution in [3.63, 3.8) is 0 Å². The molecule has 39 heavy (non-hydrogen) atoms. The van der Waals surface area contributed by atoms with E-state index in [4.69, 9.17) is 14.2 Å². The van der Waals surface area contributed by atoms with Crippen LogP contribution in [-0.2, 0) is 26.7 Å². The van der Waals surface area contributed by atoms with E-state index in [0.717, 1.165) is 20.1 Å². The largest absolute Gasteiger partial charge is 0.496 e. The number of ether oxygens (including phenoxy) is 3. The van der Waals surface area contributed by atoms with Gasteiger partial charge in [-0.05, 0) is 43.3 Å². The Morgan fingerprint density at radius 1 is 0.897 bits per heavy atom. The van der Waals surface area contributed by atoms with E-state index >= 15 is 0 Å². The van der Waals surface area contributed by atoms with Crippen LogP contribution in [0.3, 0.4) is 0 Å². The van der Waals surface area contributed by atoms with E-state index in [1.165, 1.54) is 6.92 Å². The van der Waals surface area contributed by atoms with E-state index in [1.807, 2.05) is 0 Å². The molecule has 0 spiro atoms. The molecule has 0 radical (unpaired) electrons. The van der Waals surface area contributed by atoms with Gasteiger partial charge in [0.15, 0.2) is 0 Å². The smallest absolute Gasteiger partial charge is 0.416 e. The first-order valence-corrected chi connectivity index (χ1v) is 11.9. The van der Waals surface area contributed by atoms with Crippen molar-refractivity contribution >= 4 is 34.7 Å². The maximum absolute atomic E-state index is 13.3. The van der Waals surface area contributed by atoms with Crippen LogP contribution in [-0.4, -0.2) is 48.5 Å². The number of thioether (sulfide) groups is 1. The zero-order chi connectivity index (χ0) is 29.5. The summed E-state index contributed by atoms with van der Waals surface area (Å²) in [4.78, 5) is 49.1. The number of esters is 2. The van der Waals surface area contributed by atoms with Gasteiger partial charge in [-0.1, -0.05) is 11.8 Å². The summed E-state index contributed by atoms with van der Waals surface area (Å²) in [6.45, 7) is 2.59. The number of hydrogen-bond donors (Lipinski definition) is 1. The van der Waals surface area contributed by atoms with E-state index in [9.17, 15) is 45.5 Å². The third kappa shape index (κ3) is 8.63. The van der Waals surface area contributed by atoms with Gasteiger partial charge in [0.1, 0.15) is 23.1 Å². The van der Waals surface area contributed by atoms with Gasteiger partial charge in [0.05, 0.1) is 30.4 Å². The van der Waals surface area contributed by atoms with Crippen LogP contribution in [0.2, 0.25) is 0 Å². The molecular weight excluding hydrogens is 560 g/mol. The average molecular weight is 581 g/mol. The zero-order valence-electron chi connectivity index (χ0n) is 20.5. The summed E-state index contributed by atoms with van der Waals surface area (Å²) in [5, 5.41) is 1.34. The molecule has 212 valence electrons. The molecule has 1 N–H and O–H groups in total. The molecule has 0 aliphatic heterocycles. The molecule has 0 aliphatic rings. The second-order valence-corrected chi connectivity index (χ2v) is 8.61. The summed E-state index contributed by atoms with van der Waals surface area (Å²) in [5.74, 6) is -4.67. The Hall–Kier alpha value is -3.75. The molecule has 2 aromatic rings. The molecular formula is C24H21F6NO7S. The molecule has 0 aliphatic carbocycles.